The molecular formula is C15H21FN2. The van der Waals surface area contributed by atoms with E-state index in [4.69, 9.17) is 0 Å². The predicted octanol–water partition coefficient (Wildman–Crippen LogP) is 3.44. The van der Waals surface area contributed by atoms with Gasteiger partial charge in [0.2, 0.25) is 0 Å². The van der Waals surface area contributed by atoms with Gasteiger partial charge in [0.25, 0.3) is 0 Å². The first-order chi connectivity index (χ1) is 8.44. The number of aromatic amines is 1. The quantitative estimate of drug-likeness (QED) is 0.833. The van der Waals surface area contributed by atoms with Crippen molar-refractivity contribution in [2.24, 2.45) is 0 Å². The van der Waals surface area contributed by atoms with Crippen molar-refractivity contribution in [2.75, 3.05) is 6.54 Å². The lowest BCUT2D eigenvalue weighted by molar-refractivity contribution is 0.204. The monoisotopic (exact) mass is 248 g/mol. The summed E-state index contributed by atoms with van der Waals surface area (Å²) in [4.78, 5) is 3.39. The zero-order chi connectivity index (χ0) is 13.2. The summed E-state index contributed by atoms with van der Waals surface area (Å²) in [5, 5.41) is 4.45. The zero-order valence-electron chi connectivity index (χ0n) is 11.3. The number of rotatable bonds is 5. The molecule has 2 aromatic rings. The Morgan fingerprint density at radius 2 is 2.06 bits per heavy atom. The summed E-state index contributed by atoms with van der Waals surface area (Å²) >= 11 is 0. The van der Waals surface area contributed by atoms with Crippen LogP contribution in [-0.4, -0.2) is 23.2 Å². The molecule has 3 heteroatoms. The van der Waals surface area contributed by atoms with E-state index in [9.17, 15) is 4.39 Å². The summed E-state index contributed by atoms with van der Waals surface area (Å²) in [7, 11) is 0. The molecule has 0 spiro atoms. The topological polar surface area (TPSA) is 27.8 Å². The van der Waals surface area contributed by atoms with Crippen molar-refractivity contribution in [3.63, 3.8) is 0 Å². The van der Waals surface area contributed by atoms with E-state index in [1.165, 1.54) is 11.1 Å². The highest BCUT2D eigenvalue weighted by molar-refractivity contribution is 5.80. The lowest BCUT2D eigenvalue weighted by atomic mass is 10.1. The Morgan fingerprint density at radius 3 is 2.72 bits per heavy atom. The number of halogens is 1. The average Bonchev–Trinajstić information content (AvgIpc) is 2.67. The molecule has 0 aliphatic heterocycles. The molecule has 0 radical (unpaired) electrons. The van der Waals surface area contributed by atoms with Crippen LogP contribution in [0.3, 0.4) is 0 Å². The van der Waals surface area contributed by atoms with Crippen molar-refractivity contribution in [3.05, 3.63) is 36.0 Å². The molecule has 2 rings (SSSR count). The molecule has 0 aliphatic rings. The van der Waals surface area contributed by atoms with Crippen molar-refractivity contribution < 1.29 is 4.39 Å². The summed E-state index contributed by atoms with van der Waals surface area (Å²) in [6.07, 6.45) is 0.880. The Bertz CT molecular complexity index is 477. The Hall–Kier alpha value is -1.35. The van der Waals surface area contributed by atoms with Gasteiger partial charge in [0, 0.05) is 30.2 Å². The van der Waals surface area contributed by atoms with E-state index in [1.807, 2.05) is 12.1 Å². The number of H-pyrrole nitrogens is 1. The molecule has 0 saturated heterocycles. The van der Waals surface area contributed by atoms with Crippen LogP contribution in [0.4, 0.5) is 4.39 Å². The summed E-state index contributed by atoms with van der Waals surface area (Å²) in [6.45, 7) is 5.65. The van der Waals surface area contributed by atoms with E-state index < -0.39 is 5.67 Å². The Kier molecular flexibility index (Phi) is 3.71. The molecule has 0 amide bonds. The van der Waals surface area contributed by atoms with Crippen LogP contribution in [0.5, 0.6) is 0 Å². The van der Waals surface area contributed by atoms with Gasteiger partial charge in [0.05, 0.1) is 0 Å². The molecule has 0 bridgehead atoms. The van der Waals surface area contributed by atoms with E-state index >= 15 is 0 Å². The van der Waals surface area contributed by atoms with Gasteiger partial charge >= 0.3 is 0 Å². The number of para-hydroxylation sites is 1. The van der Waals surface area contributed by atoms with Gasteiger partial charge in [0.1, 0.15) is 5.67 Å². The molecule has 98 valence electrons. The van der Waals surface area contributed by atoms with Gasteiger partial charge in [-0.1, -0.05) is 18.2 Å². The highest BCUT2D eigenvalue weighted by Crippen LogP contribution is 2.16. The fourth-order valence-corrected chi connectivity index (χ4v) is 2.06. The number of fused-ring (bicyclic) bond motifs is 1. The summed E-state index contributed by atoms with van der Waals surface area (Å²) < 4.78 is 13.4. The van der Waals surface area contributed by atoms with E-state index in [2.05, 4.69) is 35.4 Å². The molecule has 1 aromatic carbocycles. The van der Waals surface area contributed by atoms with Crippen LogP contribution in [0.1, 0.15) is 26.5 Å². The molecule has 1 atom stereocenters. The van der Waals surface area contributed by atoms with Gasteiger partial charge in [-0.25, -0.2) is 4.39 Å². The summed E-state index contributed by atoms with van der Waals surface area (Å²) in [6, 6.07) is 10.6. The fraction of sp³-hybridized carbons (Fsp3) is 0.467. The zero-order valence-corrected chi connectivity index (χ0v) is 11.3. The van der Waals surface area contributed by atoms with Gasteiger partial charge in [0.15, 0.2) is 0 Å². The van der Waals surface area contributed by atoms with Crippen LogP contribution < -0.4 is 5.32 Å². The van der Waals surface area contributed by atoms with Gasteiger partial charge in [-0.05, 0) is 38.3 Å². The molecule has 0 fully saturated rings. The van der Waals surface area contributed by atoms with Crippen molar-refractivity contribution in [2.45, 2.75) is 38.9 Å². The maximum Gasteiger partial charge on any atom is 0.117 e. The van der Waals surface area contributed by atoms with Crippen molar-refractivity contribution in [1.82, 2.24) is 10.3 Å². The molecule has 2 N–H and O–H groups in total. The maximum atomic E-state index is 13.4. The number of benzene rings is 1. The second-order valence-corrected chi connectivity index (χ2v) is 5.59. The molecular weight excluding hydrogens is 227 g/mol. The van der Waals surface area contributed by atoms with Gasteiger partial charge in [-0.3, -0.25) is 0 Å². The smallest absolute Gasteiger partial charge is 0.117 e. The molecule has 1 unspecified atom stereocenters. The van der Waals surface area contributed by atoms with E-state index in [0.29, 0.717) is 6.54 Å². The summed E-state index contributed by atoms with van der Waals surface area (Å²) in [5.74, 6) is 0. The fourth-order valence-electron chi connectivity index (χ4n) is 2.06. The third kappa shape index (κ3) is 3.57. The molecule has 1 aromatic heterocycles. The third-order valence-electron chi connectivity index (χ3n) is 2.98. The summed E-state index contributed by atoms with van der Waals surface area (Å²) in [5.41, 5.74) is 1.19. The highest BCUT2D eigenvalue weighted by Gasteiger charge is 2.16. The first-order valence-electron chi connectivity index (χ1n) is 6.43. The number of alkyl halides is 1. The maximum absolute atomic E-state index is 13.4. The van der Waals surface area contributed by atoms with Crippen molar-refractivity contribution in [3.8, 4) is 0 Å². The van der Waals surface area contributed by atoms with Crippen LogP contribution in [-0.2, 0) is 6.42 Å². The number of nitrogens with one attached hydrogen (secondary N) is 2. The number of hydrogen-bond acceptors (Lipinski definition) is 1. The number of hydrogen-bond donors (Lipinski definition) is 2. The van der Waals surface area contributed by atoms with Gasteiger partial charge in [-0.15, -0.1) is 0 Å². The Morgan fingerprint density at radius 1 is 1.33 bits per heavy atom. The highest BCUT2D eigenvalue weighted by atomic mass is 19.1. The lowest BCUT2D eigenvalue weighted by Crippen LogP contribution is -2.37. The van der Waals surface area contributed by atoms with Crippen LogP contribution in [0.15, 0.2) is 30.3 Å². The Labute approximate surface area is 108 Å². The minimum Gasteiger partial charge on any atom is -0.358 e. The third-order valence-corrected chi connectivity index (χ3v) is 2.98. The minimum atomic E-state index is -1.16. The normalized spacial score (nSPS) is 14.0. The number of aromatic nitrogens is 1. The van der Waals surface area contributed by atoms with E-state index in [0.717, 1.165) is 11.9 Å². The molecule has 0 saturated carbocycles. The molecule has 18 heavy (non-hydrogen) atoms. The Balaban J connectivity index is 1.96. The largest absolute Gasteiger partial charge is 0.358 e. The minimum absolute atomic E-state index is 0.257. The van der Waals surface area contributed by atoms with Crippen LogP contribution in [0.25, 0.3) is 10.9 Å². The van der Waals surface area contributed by atoms with E-state index in [1.54, 1.807) is 13.8 Å². The molecule has 0 aliphatic carbocycles. The average molecular weight is 248 g/mol. The molecule has 2 nitrogen and oxygen atoms in total. The second-order valence-electron chi connectivity index (χ2n) is 5.59. The van der Waals surface area contributed by atoms with Crippen LogP contribution in [0.2, 0.25) is 0 Å². The SMILES string of the molecule is CC(Cc1cc2ccccc2[nH]1)NCC(C)(C)F. The van der Waals surface area contributed by atoms with Crippen molar-refractivity contribution in [1.29, 1.82) is 0 Å². The standard InChI is InChI=1S/C15H21FN2/c1-11(17-10-15(2,3)16)8-13-9-12-6-4-5-7-14(12)18-13/h4-7,9,11,17-18H,8,10H2,1-3H3. The van der Waals surface area contributed by atoms with Gasteiger partial charge < -0.3 is 10.3 Å². The second kappa shape index (κ2) is 5.11. The van der Waals surface area contributed by atoms with Crippen LogP contribution >= 0.6 is 0 Å². The molecule has 1 heterocycles. The predicted molar refractivity (Wildman–Crippen MR) is 74.7 cm³/mol. The van der Waals surface area contributed by atoms with Gasteiger partial charge in [-0.2, -0.15) is 0 Å². The van der Waals surface area contributed by atoms with E-state index in [-0.39, 0.29) is 6.04 Å². The lowest BCUT2D eigenvalue weighted by Gasteiger charge is -2.19. The van der Waals surface area contributed by atoms with Crippen molar-refractivity contribution >= 4 is 10.9 Å². The van der Waals surface area contributed by atoms with Crippen LogP contribution in [0, 0.1) is 0 Å². The first-order valence-corrected chi connectivity index (χ1v) is 6.43. The first kappa shape index (κ1) is 13.1.